The van der Waals surface area contributed by atoms with E-state index in [1.807, 2.05) is 0 Å². The van der Waals surface area contributed by atoms with Crippen LogP contribution in [0.15, 0.2) is 4.99 Å². The van der Waals surface area contributed by atoms with Crippen molar-refractivity contribution < 1.29 is 9.84 Å². The molecule has 1 aliphatic rings. The van der Waals surface area contributed by atoms with Gasteiger partial charge in [-0.2, -0.15) is 0 Å². The Morgan fingerprint density at radius 1 is 1.33 bits per heavy atom. The number of aliphatic imine (C=N–C) groups is 1. The lowest BCUT2D eigenvalue weighted by atomic mass is 9.93. The lowest BCUT2D eigenvalue weighted by Gasteiger charge is -2.27. The summed E-state index contributed by atoms with van der Waals surface area (Å²) in [6.07, 6.45) is 4.65. The van der Waals surface area contributed by atoms with Gasteiger partial charge in [0.25, 0.3) is 0 Å². The Bertz CT molecular complexity index is 238. The minimum absolute atomic E-state index is 0.107. The van der Waals surface area contributed by atoms with Crippen LogP contribution in [0, 0.1) is 0 Å². The molecule has 1 aliphatic carbocycles. The number of nitrogens with one attached hydrogen (secondary N) is 2. The zero-order valence-corrected chi connectivity index (χ0v) is 11.6. The summed E-state index contributed by atoms with van der Waals surface area (Å²) in [7, 11) is 1.71. The quantitative estimate of drug-likeness (QED) is 0.375. The molecule has 0 saturated heterocycles. The van der Waals surface area contributed by atoms with E-state index >= 15 is 0 Å². The van der Waals surface area contributed by atoms with Gasteiger partial charge in [0.05, 0.1) is 6.10 Å². The molecule has 0 bridgehead atoms. The lowest BCUT2D eigenvalue weighted by molar-refractivity contribution is 0.120. The van der Waals surface area contributed by atoms with Crippen LogP contribution in [0.3, 0.4) is 0 Å². The van der Waals surface area contributed by atoms with Crippen LogP contribution in [-0.4, -0.2) is 50.0 Å². The van der Waals surface area contributed by atoms with Crippen molar-refractivity contribution in [2.24, 2.45) is 4.99 Å². The Hall–Kier alpha value is -0.810. The Morgan fingerprint density at radius 3 is 2.67 bits per heavy atom. The number of methoxy groups -OCH3 is 1. The normalized spacial score (nSPS) is 24.9. The fourth-order valence-electron chi connectivity index (χ4n) is 2.13. The number of nitrogens with zero attached hydrogens (tertiary/aromatic N) is 1. The van der Waals surface area contributed by atoms with E-state index < -0.39 is 0 Å². The van der Waals surface area contributed by atoms with Crippen LogP contribution in [0.2, 0.25) is 0 Å². The third-order valence-corrected chi connectivity index (χ3v) is 3.16. The number of aliphatic hydroxyl groups excluding tert-OH is 1. The molecule has 1 saturated carbocycles. The van der Waals surface area contributed by atoms with Crippen LogP contribution < -0.4 is 10.6 Å². The molecule has 0 amide bonds. The molecule has 0 radical (unpaired) electrons. The summed E-state index contributed by atoms with van der Waals surface area (Å²) in [5.74, 6) is 0.884. The van der Waals surface area contributed by atoms with E-state index in [0.29, 0.717) is 6.04 Å². The maximum Gasteiger partial charge on any atom is 0.191 e. The van der Waals surface area contributed by atoms with E-state index in [1.54, 1.807) is 7.11 Å². The molecule has 0 aromatic rings. The third-order valence-electron chi connectivity index (χ3n) is 3.16. The van der Waals surface area contributed by atoms with Crippen molar-refractivity contribution in [1.82, 2.24) is 10.6 Å². The first kappa shape index (κ1) is 15.2. The molecular formula is C13H27N3O2. The number of ether oxygens (including phenoxy) is 1. The lowest BCUT2D eigenvalue weighted by Crippen LogP contribution is -2.45. The molecule has 0 unspecified atom stereocenters. The fourth-order valence-corrected chi connectivity index (χ4v) is 2.13. The average molecular weight is 257 g/mol. The van der Waals surface area contributed by atoms with Gasteiger partial charge < -0.3 is 20.5 Å². The molecule has 5 heteroatoms. The average Bonchev–Trinajstić information content (AvgIpc) is 2.37. The first-order valence-corrected chi connectivity index (χ1v) is 6.98. The number of hydrogen-bond donors (Lipinski definition) is 3. The highest BCUT2D eigenvalue weighted by molar-refractivity contribution is 5.80. The highest BCUT2D eigenvalue weighted by Gasteiger charge is 2.19. The van der Waals surface area contributed by atoms with Gasteiger partial charge >= 0.3 is 0 Å². The standard InChI is InChI=1S/C13H27N3O2/c1-3-14-13(15-9-4-10-18-2)16-11-5-7-12(17)8-6-11/h11-12,17H,3-10H2,1-2H3,(H2,14,15,16). The van der Waals surface area contributed by atoms with Crippen molar-refractivity contribution in [2.75, 3.05) is 26.8 Å². The minimum atomic E-state index is -0.107. The zero-order chi connectivity index (χ0) is 13.2. The molecule has 0 aromatic carbocycles. The molecule has 0 aromatic heterocycles. The van der Waals surface area contributed by atoms with E-state index in [1.165, 1.54) is 0 Å². The van der Waals surface area contributed by atoms with Crippen LogP contribution in [-0.2, 0) is 4.74 Å². The second kappa shape index (κ2) is 9.16. The number of rotatable bonds is 6. The first-order chi connectivity index (χ1) is 8.76. The van der Waals surface area contributed by atoms with Gasteiger partial charge in [0, 0.05) is 32.8 Å². The largest absolute Gasteiger partial charge is 0.393 e. The van der Waals surface area contributed by atoms with Gasteiger partial charge in [-0.1, -0.05) is 0 Å². The Labute approximate surface area is 110 Å². The summed E-state index contributed by atoms with van der Waals surface area (Å²) in [4.78, 5) is 4.52. The van der Waals surface area contributed by atoms with Crippen LogP contribution in [0.1, 0.15) is 39.0 Å². The summed E-state index contributed by atoms with van der Waals surface area (Å²) < 4.78 is 5.01. The van der Waals surface area contributed by atoms with Crippen molar-refractivity contribution in [1.29, 1.82) is 0 Å². The van der Waals surface area contributed by atoms with Gasteiger partial charge in [-0.25, -0.2) is 0 Å². The summed E-state index contributed by atoms with van der Waals surface area (Å²) in [5.41, 5.74) is 0. The Kier molecular flexibility index (Phi) is 7.76. The van der Waals surface area contributed by atoms with Crippen LogP contribution >= 0.6 is 0 Å². The van der Waals surface area contributed by atoms with Crippen LogP contribution in [0.4, 0.5) is 0 Å². The predicted molar refractivity (Wildman–Crippen MR) is 73.9 cm³/mol. The molecule has 106 valence electrons. The van der Waals surface area contributed by atoms with Crippen molar-refractivity contribution in [3.05, 3.63) is 0 Å². The van der Waals surface area contributed by atoms with E-state index in [-0.39, 0.29) is 6.10 Å². The predicted octanol–water partition coefficient (Wildman–Crippen LogP) is 0.881. The summed E-state index contributed by atoms with van der Waals surface area (Å²) in [5, 5.41) is 16.2. The van der Waals surface area contributed by atoms with Gasteiger partial charge in [0.1, 0.15) is 0 Å². The van der Waals surface area contributed by atoms with Crippen molar-refractivity contribution in [3.8, 4) is 0 Å². The summed E-state index contributed by atoms with van der Waals surface area (Å²) >= 11 is 0. The maximum atomic E-state index is 9.48. The van der Waals surface area contributed by atoms with Gasteiger partial charge in [0.2, 0.25) is 0 Å². The second-order valence-corrected chi connectivity index (χ2v) is 4.76. The van der Waals surface area contributed by atoms with Gasteiger partial charge in [-0.3, -0.25) is 4.99 Å². The smallest absolute Gasteiger partial charge is 0.191 e. The second-order valence-electron chi connectivity index (χ2n) is 4.76. The van der Waals surface area contributed by atoms with Crippen molar-refractivity contribution >= 4 is 5.96 Å². The van der Waals surface area contributed by atoms with Gasteiger partial charge in [0.15, 0.2) is 5.96 Å². The maximum absolute atomic E-state index is 9.48. The molecule has 18 heavy (non-hydrogen) atoms. The molecule has 0 spiro atoms. The first-order valence-electron chi connectivity index (χ1n) is 6.98. The van der Waals surface area contributed by atoms with Gasteiger partial charge in [-0.05, 0) is 39.0 Å². The number of aliphatic hydroxyl groups is 1. The molecule has 1 rings (SSSR count). The monoisotopic (exact) mass is 257 g/mol. The van der Waals surface area contributed by atoms with Crippen molar-refractivity contribution in [2.45, 2.75) is 51.2 Å². The van der Waals surface area contributed by atoms with Crippen LogP contribution in [0.25, 0.3) is 0 Å². The number of guanidine groups is 1. The van der Waals surface area contributed by atoms with Crippen molar-refractivity contribution in [3.63, 3.8) is 0 Å². The zero-order valence-electron chi connectivity index (χ0n) is 11.6. The summed E-state index contributed by atoms with van der Waals surface area (Å²) in [6, 6.07) is 0.439. The van der Waals surface area contributed by atoms with Crippen LogP contribution in [0.5, 0.6) is 0 Å². The third kappa shape index (κ3) is 6.21. The highest BCUT2D eigenvalue weighted by atomic mass is 16.5. The minimum Gasteiger partial charge on any atom is -0.393 e. The molecule has 0 atom stereocenters. The molecule has 0 heterocycles. The SMILES string of the molecule is CCNC(=NCCCOC)NC1CCC(O)CC1. The topological polar surface area (TPSA) is 65.9 Å². The molecular weight excluding hydrogens is 230 g/mol. The number of hydrogen-bond acceptors (Lipinski definition) is 3. The molecule has 3 N–H and O–H groups in total. The Morgan fingerprint density at radius 2 is 2.06 bits per heavy atom. The fraction of sp³-hybridized carbons (Fsp3) is 0.923. The van der Waals surface area contributed by atoms with E-state index in [9.17, 15) is 5.11 Å². The Balaban J connectivity index is 2.31. The summed E-state index contributed by atoms with van der Waals surface area (Å²) in [6.45, 7) is 4.46. The van der Waals surface area contributed by atoms with E-state index in [4.69, 9.17) is 4.74 Å². The molecule has 0 aliphatic heterocycles. The molecule has 1 fully saturated rings. The van der Waals surface area contributed by atoms with E-state index in [2.05, 4.69) is 22.5 Å². The molecule has 5 nitrogen and oxygen atoms in total. The van der Waals surface area contributed by atoms with Gasteiger partial charge in [-0.15, -0.1) is 0 Å². The highest BCUT2D eigenvalue weighted by Crippen LogP contribution is 2.18. The van der Waals surface area contributed by atoms with E-state index in [0.717, 1.165) is 57.8 Å².